The highest BCUT2D eigenvalue weighted by Gasteiger charge is 2.35. The molecule has 1 fully saturated rings. The summed E-state index contributed by atoms with van der Waals surface area (Å²) in [6.45, 7) is 16.1. The second-order valence-corrected chi connectivity index (χ2v) is 7.35. The zero-order valence-electron chi connectivity index (χ0n) is 12.9. The van der Waals surface area contributed by atoms with Crippen LogP contribution in [0.4, 0.5) is 0 Å². The Morgan fingerprint density at radius 2 is 1.82 bits per heavy atom. The third-order valence-corrected chi connectivity index (χ3v) is 3.98. The normalized spacial score (nSPS) is 26.6. The van der Waals surface area contributed by atoms with Gasteiger partial charge in [0, 0.05) is 24.7 Å². The first-order chi connectivity index (χ1) is 7.70. The van der Waals surface area contributed by atoms with Crippen molar-refractivity contribution < 1.29 is 0 Å². The van der Waals surface area contributed by atoms with E-state index in [0.29, 0.717) is 12.0 Å². The number of rotatable bonds is 6. The molecule has 1 rings (SSSR count). The van der Waals surface area contributed by atoms with Crippen molar-refractivity contribution in [2.24, 2.45) is 17.8 Å². The van der Waals surface area contributed by atoms with Gasteiger partial charge >= 0.3 is 0 Å². The predicted molar refractivity (Wildman–Crippen MR) is 76.3 cm³/mol. The van der Waals surface area contributed by atoms with Crippen molar-refractivity contribution in [3.05, 3.63) is 0 Å². The van der Waals surface area contributed by atoms with E-state index in [9.17, 15) is 0 Å². The highest BCUT2D eigenvalue weighted by Crippen LogP contribution is 2.38. The lowest BCUT2D eigenvalue weighted by atomic mass is 10.0. The minimum absolute atomic E-state index is 0.223. The van der Waals surface area contributed by atoms with Crippen molar-refractivity contribution in [2.75, 3.05) is 20.1 Å². The first kappa shape index (κ1) is 15.0. The summed E-state index contributed by atoms with van der Waals surface area (Å²) >= 11 is 0. The van der Waals surface area contributed by atoms with Gasteiger partial charge in [-0.15, -0.1) is 0 Å². The van der Waals surface area contributed by atoms with Gasteiger partial charge in [0.15, 0.2) is 0 Å². The van der Waals surface area contributed by atoms with Crippen LogP contribution < -0.4 is 5.32 Å². The molecule has 1 N–H and O–H groups in total. The van der Waals surface area contributed by atoms with Gasteiger partial charge in [0.2, 0.25) is 0 Å². The van der Waals surface area contributed by atoms with Gasteiger partial charge in [-0.05, 0) is 52.0 Å². The molecule has 0 radical (unpaired) electrons. The Morgan fingerprint density at radius 1 is 1.29 bits per heavy atom. The maximum atomic E-state index is 3.65. The molecule has 0 spiro atoms. The van der Waals surface area contributed by atoms with Gasteiger partial charge in [-0.3, -0.25) is 0 Å². The van der Waals surface area contributed by atoms with E-state index in [1.165, 1.54) is 13.0 Å². The van der Waals surface area contributed by atoms with Crippen LogP contribution >= 0.6 is 0 Å². The average molecular weight is 240 g/mol. The van der Waals surface area contributed by atoms with Crippen LogP contribution in [0.3, 0.4) is 0 Å². The van der Waals surface area contributed by atoms with Gasteiger partial charge < -0.3 is 10.2 Å². The van der Waals surface area contributed by atoms with E-state index in [4.69, 9.17) is 0 Å². The third kappa shape index (κ3) is 5.39. The van der Waals surface area contributed by atoms with Crippen molar-refractivity contribution in [3.8, 4) is 0 Å². The van der Waals surface area contributed by atoms with Crippen molar-refractivity contribution in [3.63, 3.8) is 0 Å². The lowest BCUT2D eigenvalue weighted by Crippen LogP contribution is -2.49. The van der Waals surface area contributed by atoms with E-state index in [-0.39, 0.29) is 5.54 Å². The molecule has 0 heterocycles. The minimum atomic E-state index is 0.223. The molecular formula is C15H32N2. The Bertz CT molecular complexity index is 230. The smallest absolute Gasteiger partial charge is 0.0240 e. The van der Waals surface area contributed by atoms with E-state index in [2.05, 4.69) is 58.8 Å². The summed E-state index contributed by atoms with van der Waals surface area (Å²) in [5, 5.41) is 3.65. The van der Waals surface area contributed by atoms with Crippen LogP contribution in [0.1, 0.15) is 48.0 Å². The van der Waals surface area contributed by atoms with Gasteiger partial charge in [0.05, 0.1) is 0 Å². The molecule has 0 aromatic carbocycles. The zero-order chi connectivity index (χ0) is 13.2. The Kier molecular flexibility index (Phi) is 5.03. The van der Waals surface area contributed by atoms with Crippen molar-refractivity contribution in [1.82, 2.24) is 10.2 Å². The molecule has 0 aromatic rings. The molecule has 0 aliphatic heterocycles. The van der Waals surface area contributed by atoms with E-state index >= 15 is 0 Å². The molecule has 2 heteroatoms. The highest BCUT2D eigenvalue weighted by atomic mass is 15.2. The Morgan fingerprint density at radius 3 is 2.18 bits per heavy atom. The fraction of sp³-hybridized carbons (Fsp3) is 1.00. The summed E-state index contributed by atoms with van der Waals surface area (Å²) in [7, 11) is 2.29. The number of hydrogen-bond donors (Lipinski definition) is 1. The van der Waals surface area contributed by atoms with Gasteiger partial charge in [0.1, 0.15) is 0 Å². The second kappa shape index (κ2) is 5.71. The van der Waals surface area contributed by atoms with Gasteiger partial charge in [-0.25, -0.2) is 0 Å². The molecule has 102 valence electrons. The van der Waals surface area contributed by atoms with Crippen LogP contribution in [0, 0.1) is 17.8 Å². The summed E-state index contributed by atoms with van der Waals surface area (Å²) in [6.07, 6.45) is 1.43. The molecule has 0 amide bonds. The van der Waals surface area contributed by atoms with Crippen molar-refractivity contribution in [1.29, 1.82) is 0 Å². The molecule has 1 saturated carbocycles. The molecule has 1 aliphatic rings. The lowest BCUT2D eigenvalue weighted by molar-refractivity contribution is 0.168. The topological polar surface area (TPSA) is 15.3 Å². The number of nitrogens with one attached hydrogen (secondary N) is 1. The molecule has 2 nitrogen and oxygen atoms in total. The monoisotopic (exact) mass is 240 g/mol. The van der Waals surface area contributed by atoms with Crippen LogP contribution in [0.2, 0.25) is 0 Å². The maximum Gasteiger partial charge on any atom is 0.0240 e. The highest BCUT2D eigenvalue weighted by molar-refractivity contribution is 4.88. The van der Waals surface area contributed by atoms with E-state index in [0.717, 1.165) is 18.4 Å². The van der Waals surface area contributed by atoms with Crippen LogP contribution in [0.15, 0.2) is 0 Å². The largest absolute Gasteiger partial charge is 0.311 e. The molecule has 0 bridgehead atoms. The number of likely N-dealkylation sites (N-methyl/N-ethyl adjacent to an activating group) is 1. The molecule has 17 heavy (non-hydrogen) atoms. The zero-order valence-corrected chi connectivity index (χ0v) is 12.9. The van der Waals surface area contributed by atoms with E-state index in [1.807, 2.05) is 0 Å². The summed E-state index contributed by atoms with van der Waals surface area (Å²) in [5.41, 5.74) is 0.223. The molecule has 0 saturated heterocycles. The fourth-order valence-corrected chi connectivity index (χ4v) is 2.47. The summed E-state index contributed by atoms with van der Waals surface area (Å²) in [5.74, 6) is 2.63. The minimum Gasteiger partial charge on any atom is -0.311 e. The second-order valence-electron chi connectivity index (χ2n) is 7.35. The lowest BCUT2D eigenvalue weighted by Gasteiger charge is -2.34. The SMILES string of the molecule is CC(C)C(CNC(C)(C)C)N(C)CC1CC1C. The maximum absolute atomic E-state index is 3.65. The van der Waals surface area contributed by atoms with Gasteiger partial charge in [-0.2, -0.15) is 0 Å². The molecule has 3 atom stereocenters. The summed E-state index contributed by atoms with van der Waals surface area (Å²) in [6, 6.07) is 0.655. The molecule has 0 aromatic heterocycles. The average Bonchev–Trinajstić information content (AvgIpc) is 2.78. The predicted octanol–water partition coefficient (Wildman–Crippen LogP) is 2.99. The van der Waals surface area contributed by atoms with Gasteiger partial charge in [0.25, 0.3) is 0 Å². The molecule has 3 unspecified atom stereocenters. The number of nitrogens with zero attached hydrogens (tertiary/aromatic N) is 1. The third-order valence-electron chi connectivity index (χ3n) is 3.98. The molecule has 1 aliphatic carbocycles. The number of hydrogen-bond acceptors (Lipinski definition) is 2. The van der Waals surface area contributed by atoms with E-state index in [1.54, 1.807) is 0 Å². The standard InChI is InChI=1S/C15H32N2/c1-11(2)14(9-16-15(4,5)6)17(7)10-13-8-12(13)3/h11-14,16H,8-10H2,1-7H3. The van der Waals surface area contributed by atoms with E-state index < -0.39 is 0 Å². The fourth-order valence-electron chi connectivity index (χ4n) is 2.47. The van der Waals surface area contributed by atoms with Crippen molar-refractivity contribution in [2.45, 2.75) is 59.5 Å². The Balaban J connectivity index is 2.41. The van der Waals surface area contributed by atoms with Gasteiger partial charge in [-0.1, -0.05) is 20.8 Å². The van der Waals surface area contributed by atoms with Crippen LogP contribution in [0.5, 0.6) is 0 Å². The Labute approximate surface area is 108 Å². The first-order valence-corrected chi connectivity index (χ1v) is 7.16. The van der Waals surface area contributed by atoms with Crippen molar-refractivity contribution >= 4 is 0 Å². The first-order valence-electron chi connectivity index (χ1n) is 7.16. The van der Waals surface area contributed by atoms with Crippen LogP contribution in [-0.2, 0) is 0 Å². The summed E-state index contributed by atoms with van der Waals surface area (Å²) in [4.78, 5) is 2.57. The van der Waals surface area contributed by atoms with Crippen LogP contribution in [-0.4, -0.2) is 36.6 Å². The molecular weight excluding hydrogens is 208 g/mol. The Hall–Kier alpha value is -0.0800. The quantitative estimate of drug-likeness (QED) is 0.768. The van der Waals surface area contributed by atoms with Crippen LogP contribution in [0.25, 0.3) is 0 Å². The summed E-state index contributed by atoms with van der Waals surface area (Å²) < 4.78 is 0.